The minimum atomic E-state index is 0.556. The van der Waals surface area contributed by atoms with Crippen LogP contribution in [-0.4, -0.2) is 9.13 Å². The second kappa shape index (κ2) is 11.4. The highest BCUT2D eigenvalue weighted by atomic mass is 15.0. The lowest BCUT2D eigenvalue weighted by molar-refractivity contribution is 1.18. The van der Waals surface area contributed by atoms with E-state index < -0.39 is 0 Å². The summed E-state index contributed by atoms with van der Waals surface area (Å²) in [5.41, 5.74) is 11.7. The molecule has 0 aliphatic heterocycles. The fourth-order valence-electron chi connectivity index (χ4n) is 7.38. The first kappa shape index (κ1) is 28.8. The number of benzene rings is 7. The topological polar surface area (TPSA) is 61.8 Å². The molecule has 0 fully saturated rings. The Kier molecular flexibility index (Phi) is 6.56. The number of para-hydroxylation sites is 3. The van der Waals surface area contributed by atoms with Crippen LogP contribution in [0.15, 0.2) is 152 Å². The van der Waals surface area contributed by atoms with E-state index in [0.717, 1.165) is 66.5 Å². The summed E-state index contributed by atoms with van der Waals surface area (Å²) in [4.78, 5) is 3.93. The Bertz CT molecular complexity index is 2850. The summed E-state index contributed by atoms with van der Waals surface area (Å²) in [5.74, 6) is 0. The number of hydrogen-bond donors (Lipinski definition) is 0. The van der Waals surface area contributed by atoms with Gasteiger partial charge in [0.15, 0.2) is 5.69 Å². The molecule has 0 atom stereocenters. The summed E-state index contributed by atoms with van der Waals surface area (Å²) in [7, 11) is 0. The number of rotatable bonds is 4. The summed E-state index contributed by atoms with van der Waals surface area (Å²) in [5, 5.41) is 23.5. The van der Waals surface area contributed by atoms with Crippen molar-refractivity contribution < 1.29 is 0 Å². The van der Waals surface area contributed by atoms with Crippen molar-refractivity contribution in [1.29, 1.82) is 10.5 Å². The van der Waals surface area contributed by atoms with Gasteiger partial charge in [0.1, 0.15) is 0 Å². The molecule has 9 rings (SSSR count). The second-order valence-electron chi connectivity index (χ2n) is 12.3. The first-order valence-electron chi connectivity index (χ1n) is 16.3. The molecule has 230 valence electrons. The number of hydrogen-bond acceptors (Lipinski definition) is 2. The number of fused-ring (bicyclic) bond motifs is 6. The minimum absolute atomic E-state index is 0.556. The summed E-state index contributed by atoms with van der Waals surface area (Å²) in [6.07, 6.45) is 0. The van der Waals surface area contributed by atoms with E-state index in [-0.39, 0.29) is 0 Å². The molecule has 9 aromatic rings. The molecule has 7 aromatic carbocycles. The third-order valence-corrected chi connectivity index (χ3v) is 9.59. The third-order valence-electron chi connectivity index (χ3n) is 9.59. The van der Waals surface area contributed by atoms with Gasteiger partial charge in [0.05, 0.1) is 57.6 Å². The van der Waals surface area contributed by atoms with Crippen molar-refractivity contribution in [3.8, 4) is 45.8 Å². The molecule has 0 saturated heterocycles. The Morgan fingerprint density at radius 3 is 1.64 bits per heavy atom. The fraction of sp³-hybridized carbons (Fsp3) is 0. The lowest BCUT2D eigenvalue weighted by atomic mass is 9.96. The van der Waals surface area contributed by atoms with Crippen LogP contribution in [0.1, 0.15) is 11.1 Å². The zero-order valence-electron chi connectivity index (χ0n) is 26.7. The Balaban J connectivity index is 1.23. The molecule has 0 bridgehead atoms. The molecular formula is C45H25N5. The molecule has 5 heteroatoms. The number of aromatic nitrogens is 2. The third kappa shape index (κ3) is 4.38. The van der Waals surface area contributed by atoms with Crippen LogP contribution in [0, 0.1) is 29.2 Å². The minimum Gasteiger partial charge on any atom is -0.309 e. The lowest BCUT2D eigenvalue weighted by Gasteiger charge is -2.16. The van der Waals surface area contributed by atoms with Crippen LogP contribution in [0.2, 0.25) is 0 Å². The maximum Gasteiger partial charge on any atom is 0.195 e. The van der Waals surface area contributed by atoms with Gasteiger partial charge in [-0.15, -0.1) is 0 Å². The largest absolute Gasteiger partial charge is 0.309 e. The zero-order chi connectivity index (χ0) is 33.8. The molecule has 0 radical (unpaired) electrons. The van der Waals surface area contributed by atoms with Crippen molar-refractivity contribution in [2.24, 2.45) is 0 Å². The van der Waals surface area contributed by atoms with Gasteiger partial charge in [0.25, 0.3) is 0 Å². The van der Waals surface area contributed by atoms with Crippen LogP contribution >= 0.6 is 0 Å². The van der Waals surface area contributed by atoms with E-state index in [2.05, 4.69) is 129 Å². The maximum absolute atomic E-state index is 9.64. The number of nitrogens with zero attached hydrogens (tertiary/aromatic N) is 5. The Morgan fingerprint density at radius 2 is 1.02 bits per heavy atom. The Morgan fingerprint density at radius 1 is 0.460 bits per heavy atom. The van der Waals surface area contributed by atoms with Gasteiger partial charge in [-0.05, 0) is 89.5 Å². The van der Waals surface area contributed by atoms with Crippen LogP contribution in [0.5, 0.6) is 0 Å². The fourth-order valence-corrected chi connectivity index (χ4v) is 7.38. The van der Waals surface area contributed by atoms with Crippen molar-refractivity contribution in [2.45, 2.75) is 0 Å². The van der Waals surface area contributed by atoms with Gasteiger partial charge >= 0.3 is 0 Å². The zero-order valence-corrected chi connectivity index (χ0v) is 26.7. The molecule has 0 spiro atoms. The van der Waals surface area contributed by atoms with E-state index in [0.29, 0.717) is 16.8 Å². The average Bonchev–Trinajstić information content (AvgIpc) is 3.69. The number of nitriles is 2. The highest BCUT2D eigenvalue weighted by Crippen LogP contribution is 2.40. The lowest BCUT2D eigenvalue weighted by Crippen LogP contribution is -1.97. The molecule has 0 saturated carbocycles. The summed E-state index contributed by atoms with van der Waals surface area (Å²) >= 11 is 0. The van der Waals surface area contributed by atoms with E-state index >= 15 is 0 Å². The molecule has 50 heavy (non-hydrogen) atoms. The van der Waals surface area contributed by atoms with Gasteiger partial charge in [-0.2, -0.15) is 10.5 Å². The Labute approximate surface area is 288 Å². The normalized spacial score (nSPS) is 11.1. The summed E-state index contributed by atoms with van der Waals surface area (Å²) < 4.78 is 4.49. The van der Waals surface area contributed by atoms with Gasteiger partial charge in [-0.3, -0.25) is 0 Å². The van der Waals surface area contributed by atoms with Crippen LogP contribution in [-0.2, 0) is 0 Å². The van der Waals surface area contributed by atoms with E-state index in [1.165, 1.54) is 10.8 Å². The van der Waals surface area contributed by atoms with Crippen LogP contribution < -0.4 is 0 Å². The predicted molar refractivity (Wildman–Crippen MR) is 202 cm³/mol. The molecule has 5 nitrogen and oxygen atoms in total. The van der Waals surface area contributed by atoms with Gasteiger partial charge in [0, 0.05) is 32.8 Å². The monoisotopic (exact) mass is 635 g/mol. The molecule has 0 amide bonds. The van der Waals surface area contributed by atoms with Crippen LogP contribution in [0.3, 0.4) is 0 Å². The van der Waals surface area contributed by atoms with Crippen molar-refractivity contribution in [1.82, 2.24) is 9.13 Å². The van der Waals surface area contributed by atoms with Crippen molar-refractivity contribution in [3.63, 3.8) is 0 Å². The SMILES string of the molecule is [C-]#[N+]c1ccc(-n2c3ccc(C#N)cc3c3cc(C#N)ccc32)cc1-c1cccc(-c2ccccc2-n2c3ccccc3c3ccccc32)c1. The van der Waals surface area contributed by atoms with Crippen LogP contribution in [0.4, 0.5) is 5.69 Å². The van der Waals surface area contributed by atoms with Gasteiger partial charge < -0.3 is 9.13 Å². The highest BCUT2D eigenvalue weighted by Gasteiger charge is 2.18. The van der Waals surface area contributed by atoms with E-state index in [1.54, 1.807) is 0 Å². The molecule has 0 aliphatic carbocycles. The quantitative estimate of drug-likeness (QED) is 0.181. The van der Waals surface area contributed by atoms with E-state index in [4.69, 9.17) is 6.57 Å². The van der Waals surface area contributed by atoms with Crippen molar-refractivity contribution >= 4 is 49.3 Å². The first-order chi connectivity index (χ1) is 24.7. The van der Waals surface area contributed by atoms with E-state index in [1.807, 2.05) is 48.5 Å². The molecule has 2 heterocycles. The van der Waals surface area contributed by atoms with E-state index in [9.17, 15) is 10.5 Å². The standard InChI is InChI=1S/C45H25N5/c1-48-40-20-19-33(49-44-21-17-29(27-46)23-38(44)39-24-30(28-47)18-22-45(39)49)26-37(40)32-10-8-9-31(25-32)34-11-2-5-14-41(34)50-42-15-6-3-12-35(42)36-13-4-7-16-43(36)50/h2-26H. The average molecular weight is 636 g/mol. The maximum atomic E-state index is 9.64. The summed E-state index contributed by atoms with van der Waals surface area (Å²) in [6.45, 7) is 8.08. The molecule has 0 unspecified atom stereocenters. The molecule has 2 aromatic heterocycles. The Hall–Kier alpha value is -7.39. The van der Waals surface area contributed by atoms with Gasteiger partial charge in [-0.25, -0.2) is 4.85 Å². The van der Waals surface area contributed by atoms with Crippen LogP contribution in [0.25, 0.3) is 82.1 Å². The smallest absolute Gasteiger partial charge is 0.195 e. The first-order valence-corrected chi connectivity index (χ1v) is 16.3. The van der Waals surface area contributed by atoms with Gasteiger partial charge in [0.2, 0.25) is 0 Å². The molecule has 0 N–H and O–H groups in total. The second-order valence-corrected chi connectivity index (χ2v) is 12.3. The van der Waals surface area contributed by atoms with Gasteiger partial charge in [-0.1, -0.05) is 78.9 Å². The van der Waals surface area contributed by atoms with Crippen molar-refractivity contribution in [3.05, 3.63) is 174 Å². The molecule has 0 aliphatic rings. The van der Waals surface area contributed by atoms with Crippen molar-refractivity contribution in [2.75, 3.05) is 0 Å². The molecular weight excluding hydrogens is 611 g/mol. The predicted octanol–water partition coefficient (Wildman–Crippen LogP) is 11.5. The highest BCUT2D eigenvalue weighted by molar-refractivity contribution is 6.11. The summed E-state index contributed by atoms with van der Waals surface area (Å²) in [6, 6.07) is 55.6.